The van der Waals surface area contributed by atoms with E-state index in [0.29, 0.717) is 36.8 Å². The zero-order chi connectivity index (χ0) is 22.9. The zero-order valence-corrected chi connectivity index (χ0v) is 17.3. The van der Waals surface area contributed by atoms with E-state index in [9.17, 15) is 18.0 Å². The lowest BCUT2D eigenvalue weighted by atomic mass is 10.2. The Morgan fingerprint density at radius 2 is 1.84 bits per heavy atom. The largest absolute Gasteiger partial charge is 0.435 e. The van der Waals surface area contributed by atoms with Crippen LogP contribution in [-0.4, -0.2) is 50.5 Å². The van der Waals surface area contributed by atoms with Crippen LogP contribution >= 0.6 is 11.6 Å². The van der Waals surface area contributed by atoms with E-state index in [-0.39, 0.29) is 12.6 Å². The molecule has 0 unspecified atom stereocenters. The van der Waals surface area contributed by atoms with Gasteiger partial charge in [-0.1, -0.05) is 11.6 Å². The lowest BCUT2D eigenvalue weighted by Gasteiger charge is -2.36. The van der Waals surface area contributed by atoms with Crippen molar-refractivity contribution in [2.75, 3.05) is 36.0 Å². The Kier molecular flexibility index (Phi) is 5.75. The predicted molar refractivity (Wildman–Crippen MR) is 110 cm³/mol. The van der Waals surface area contributed by atoms with Gasteiger partial charge in [0.15, 0.2) is 5.69 Å². The van der Waals surface area contributed by atoms with Gasteiger partial charge < -0.3 is 9.80 Å². The first-order chi connectivity index (χ1) is 15.2. The molecule has 1 aliphatic rings. The minimum atomic E-state index is -4.55. The zero-order valence-electron chi connectivity index (χ0n) is 16.5. The molecule has 0 saturated carbocycles. The third-order valence-corrected chi connectivity index (χ3v) is 5.31. The van der Waals surface area contributed by atoms with Crippen molar-refractivity contribution in [3.05, 3.63) is 63.6 Å². The number of nitriles is 1. The number of hydrogen-bond acceptors (Lipinski definition) is 7. The maximum Gasteiger partial charge on any atom is 0.435 e. The summed E-state index contributed by atoms with van der Waals surface area (Å²) in [5.74, 6) is 0.246. The standard InChI is InChI=1S/C19H16ClF3N8O/c20-15-2-1-14(9-13(15)10-24)28-5-7-29(8-6-28)17-25-11-30(18(32)26-17)12-31-4-3-16(27-31)19(21,22)23/h1-4,9,11H,5-8,12H2. The molecule has 166 valence electrons. The first-order valence-corrected chi connectivity index (χ1v) is 9.86. The third-order valence-electron chi connectivity index (χ3n) is 4.98. The highest BCUT2D eigenvalue weighted by atomic mass is 35.5. The quantitative estimate of drug-likeness (QED) is 0.584. The molecule has 1 fully saturated rings. The van der Waals surface area contributed by atoms with Crippen LogP contribution in [0.1, 0.15) is 11.3 Å². The van der Waals surface area contributed by atoms with Gasteiger partial charge in [0.05, 0.1) is 10.6 Å². The smallest absolute Gasteiger partial charge is 0.368 e. The van der Waals surface area contributed by atoms with Gasteiger partial charge in [-0.2, -0.15) is 28.5 Å². The van der Waals surface area contributed by atoms with E-state index in [1.165, 1.54) is 6.33 Å². The molecule has 3 aromatic rings. The molecule has 2 aromatic heterocycles. The highest BCUT2D eigenvalue weighted by Crippen LogP contribution is 2.27. The number of halogens is 4. The lowest BCUT2D eigenvalue weighted by molar-refractivity contribution is -0.141. The number of rotatable bonds is 4. The second-order valence-electron chi connectivity index (χ2n) is 7.04. The van der Waals surface area contributed by atoms with Gasteiger partial charge in [-0.05, 0) is 24.3 Å². The second-order valence-corrected chi connectivity index (χ2v) is 7.45. The molecule has 0 N–H and O–H groups in total. The first kappa shape index (κ1) is 21.6. The van der Waals surface area contributed by atoms with Crippen molar-refractivity contribution < 1.29 is 13.2 Å². The van der Waals surface area contributed by atoms with E-state index in [2.05, 4.69) is 26.0 Å². The fourth-order valence-corrected chi connectivity index (χ4v) is 3.47. The number of nitrogens with zero attached hydrogens (tertiary/aromatic N) is 8. The van der Waals surface area contributed by atoms with Crippen molar-refractivity contribution in [1.29, 1.82) is 5.26 Å². The summed E-state index contributed by atoms with van der Waals surface area (Å²) in [6.45, 7) is 2.09. The van der Waals surface area contributed by atoms with Crippen molar-refractivity contribution in [2.45, 2.75) is 12.8 Å². The Labute approximate surface area is 184 Å². The predicted octanol–water partition coefficient (Wildman–Crippen LogP) is 2.21. The van der Waals surface area contributed by atoms with E-state index in [0.717, 1.165) is 27.2 Å². The minimum Gasteiger partial charge on any atom is -0.368 e. The summed E-state index contributed by atoms with van der Waals surface area (Å²) in [5, 5.41) is 13.0. The number of anilines is 2. The molecule has 0 bridgehead atoms. The Balaban J connectivity index is 1.41. The number of alkyl halides is 3. The fraction of sp³-hybridized carbons (Fsp3) is 0.316. The molecule has 0 radical (unpaired) electrons. The summed E-state index contributed by atoms with van der Waals surface area (Å²) in [6, 6.07) is 8.15. The SMILES string of the molecule is N#Cc1cc(N2CCN(c3ncn(Cn4ccc(C(F)(F)F)n4)c(=O)n3)CC2)ccc1Cl. The molecule has 0 amide bonds. The molecular weight excluding hydrogens is 449 g/mol. The molecule has 1 aromatic carbocycles. The summed E-state index contributed by atoms with van der Waals surface area (Å²) < 4.78 is 40.1. The molecule has 13 heteroatoms. The average Bonchev–Trinajstić information content (AvgIpc) is 3.25. The third kappa shape index (κ3) is 4.52. The van der Waals surface area contributed by atoms with Gasteiger partial charge in [0, 0.05) is 38.1 Å². The highest BCUT2D eigenvalue weighted by molar-refractivity contribution is 6.31. The van der Waals surface area contributed by atoms with Crippen molar-refractivity contribution in [3.8, 4) is 6.07 Å². The maximum absolute atomic E-state index is 12.7. The van der Waals surface area contributed by atoms with Crippen LogP contribution < -0.4 is 15.5 Å². The molecule has 0 atom stereocenters. The minimum absolute atomic E-state index is 0.235. The monoisotopic (exact) mass is 464 g/mol. The van der Waals surface area contributed by atoms with Gasteiger partial charge in [0.1, 0.15) is 19.1 Å². The number of aromatic nitrogens is 5. The lowest BCUT2D eigenvalue weighted by Crippen LogP contribution is -2.47. The summed E-state index contributed by atoms with van der Waals surface area (Å²) in [5.41, 5.74) is -0.404. The number of hydrogen-bond donors (Lipinski definition) is 0. The van der Waals surface area contributed by atoms with Crippen molar-refractivity contribution in [3.63, 3.8) is 0 Å². The summed E-state index contributed by atoms with van der Waals surface area (Å²) in [4.78, 5) is 24.4. The van der Waals surface area contributed by atoms with Crippen LogP contribution in [0.5, 0.6) is 0 Å². The van der Waals surface area contributed by atoms with E-state index in [1.54, 1.807) is 12.1 Å². The van der Waals surface area contributed by atoms with Crippen LogP contribution in [0.25, 0.3) is 0 Å². The van der Waals surface area contributed by atoms with Crippen LogP contribution in [0, 0.1) is 11.3 Å². The van der Waals surface area contributed by atoms with Crippen molar-refractivity contribution >= 4 is 23.2 Å². The van der Waals surface area contributed by atoms with E-state index >= 15 is 0 Å². The molecule has 3 heterocycles. The van der Waals surface area contributed by atoms with Gasteiger partial charge >= 0.3 is 11.9 Å². The van der Waals surface area contributed by atoms with Gasteiger partial charge in [-0.15, -0.1) is 0 Å². The molecule has 1 aliphatic heterocycles. The van der Waals surface area contributed by atoms with Gasteiger partial charge in [-0.25, -0.2) is 9.78 Å². The Hall–Kier alpha value is -3.59. The van der Waals surface area contributed by atoms with Crippen LogP contribution in [0.2, 0.25) is 5.02 Å². The van der Waals surface area contributed by atoms with E-state index < -0.39 is 17.6 Å². The van der Waals surface area contributed by atoms with Gasteiger partial charge in [0.2, 0.25) is 5.95 Å². The number of piperazine rings is 1. The molecule has 0 aliphatic carbocycles. The van der Waals surface area contributed by atoms with Crippen LogP contribution in [-0.2, 0) is 12.8 Å². The molecular formula is C19H16ClF3N8O. The molecule has 1 saturated heterocycles. The van der Waals surface area contributed by atoms with E-state index in [4.69, 9.17) is 16.9 Å². The summed E-state index contributed by atoms with van der Waals surface area (Å²) in [6.07, 6.45) is -2.18. The highest BCUT2D eigenvalue weighted by Gasteiger charge is 2.33. The van der Waals surface area contributed by atoms with E-state index in [1.807, 2.05) is 11.0 Å². The topological polar surface area (TPSA) is 95.9 Å². The Bertz CT molecular complexity index is 1220. The molecule has 0 spiro atoms. The fourth-order valence-electron chi connectivity index (χ4n) is 3.31. The Morgan fingerprint density at radius 1 is 1.12 bits per heavy atom. The first-order valence-electron chi connectivity index (χ1n) is 9.48. The molecule has 4 rings (SSSR count). The molecule has 9 nitrogen and oxygen atoms in total. The summed E-state index contributed by atoms with van der Waals surface area (Å²) >= 11 is 5.99. The van der Waals surface area contributed by atoms with Crippen molar-refractivity contribution in [2.24, 2.45) is 0 Å². The van der Waals surface area contributed by atoms with Crippen LogP contribution in [0.15, 0.2) is 41.6 Å². The van der Waals surface area contributed by atoms with Crippen LogP contribution in [0.3, 0.4) is 0 Å². The number of benzene rings is 1. The normalized spacial score (nSPS) is 14.5. The average molecular weight is 465 g/mol. The van der Waals surface area contributed by atoms with Crippen LogP contribution in [0.4, 0.5) is 24.8 Å². The Morgan fingerprint density at radius 3 is 2.47 bits per heavy atom. The van der Waals surface area contributed by atoms with Crippen molar-refractivity contribution in [1.82, 2.24) is 24.3 Å². The van der Waals surface area contributed by atoms with Gasteiger partial charge in [-0.3, -0.25) is 9.25 Å². The van der Waals surface area contributed by atoms with Gasteiger partial charge in [0.25, 0.3) is 0 Å². The maximum atomic E-state index is 12.7. The molecule has 32 heavy (non-hydrogen) atoms. The second kappa shape index (κ2) is 8.51. The summed E-state index contributed by atoms with van der Waals surface area (Å²) in [7, 11) is 0.